The van der Waals surface area contributed by atoms with E-state index in [1.807, 2.05) is 67.6 Å². The first kappa shape index (κ1) is 18.4. The Balaban J connectivity index is 1.71. The second-order valence-corrected chi connectivity index (χ2v) is 6.56. The highest BCUT2D eigenvalue weighted by atomic mass is 16.5. The first-order valence-electron chi connectivity index (χ1n) is 9.19. The molecule has 4 rings (SSSR count). The molecule has 0 saturated carbocycles. The standard InChI is InChI=1S/C23H20N4O2/c1-15-11-13-16(14-12-15)24-21-17-7-3-4-8-18(17)25-22(27-21)23(28)26-19-9-5-6-10-20(19)29-2/h3-14H,1-2H3,(H,26,28)(H,24,25,27). The van der Waals surface area contributed by atoms with Gasteiger partial charge in [-0.3, -0.25) is 4.79 Å². The van der Waals surface area contributed by atoms with Gasteiger partial charge in [0.05, 0.1) is 18.3 Å². The van der Waals surface area contributed by atoms with Crippen LogP contribution in [0, 0.1) is 6.92 Å². The SMILES string of the molecule is COc1ccccc1NC(=O)c1nc(Nc2ccc(C)cc2)c2ccccc2n1. The number of methoxy groups -OCH3 is 1. The van der Waals surface area contributed by atoms with Gasteiger partial charge >= 0.3 is 0 Å². The molecule has 1 amide bonds. The molecule has 4 aromatic rings. The van der Waals surface area contributed by atoms with Crippen LogP contribution in [0.3, 0.4) is 0 Å². The van der Waals surface area contributed by atoms with Gasteiger partial charge in [-0.15, -0.1) is 0 Å². The summed E-state index contributed by atoms with van der Waals surface area (Å²) >= 11 is 0. The largest absolute Gasteiger partial charge is 0.495 e. The van der Waals surface area contributed by atoms with Crippen molar-refractivity contribution in [3.05, 3.63) is 84.2 Å². The number of fused-ring (bicyclic) bond motifs is 1. The number of anilines is 3. The number of hydrogen-bond donors (Lipinski definition) is 2. The van der Waals surface area contributed by atoms with Crippen LogP contribution in [0.1, 0.15) is 16.2 Å². The maximum absolute atomic E-state index is 12.9. The van der Waals surface area contributed by atoms with Crippen LogP contribution in [0.5, 0.6) is 5.75 Å². The summed E-state index contributed by atoms with van der Waals surface area (Å²) in [6.45, 7) is 2.03. The number of aromatic nitrogens is 2. The minimum atomic E-state index is -0.410. The number of para-hydroxylation sites is 3. The molecule has 0 spiro atoms. The number of ether oxygens (including phenoxy) is 1. The molecule has 2 N–H and O–H groups in total. The van der Waals surface area contributed by atoms with Crippen molar-refractivity contribution in [2.24, 2.45) is 0 Å². The van der Waals surface area contributed by atoms with Crippen molar-refractivity contribution in [2.75, 3.05) is 17.7 Å². The number of nitrogens with one attached hydrogen (secondary N) is 2. The molecule has 6 nitrogen and oxygen atoms in total. The molecular weight excluding hydrogens is 364 g/mol. The summed E-state index contributed by atoms with van der Waals surface area (Å²) in [4.78, 5) is 21.8. The number of aryl methyl sites for hydroxylation is 1. The molecule has 0 aliphatic carbocycles. The Bertz CT molecular complexity index is 1170. The van der Waals surface area contributed by atoms with Crippen molar-refractivity contribution in [2.45, 2.75) is 6.92 Å². The van der Waals surface area contributed by atoms with Crippen LogP contribution >= 0.6 is 0 Å². The quantitative estimate of drug-likeness (QED) is 0.509. The molecule has 29 heavy (non-hydrogen) atoms. The summed E-state index contributed by atoms with van der Waals surface area (Å²) in [5.74, 6) is 0.806. The third-order valence-corrected chi connectivity index (χ3v) is 4.48. The lowest BCUT2D eigenvalue weighted by Gasteiger charge is -2.12. The third-order valence-electron chi connectivity index (χ3n) is 4.48. The van der Waals surface area contributed by atoms with Gasteiger partial charge in [0.25, 0.3) is 5.91 Å². The van der Waals surface area contributed by atoms with Crippen LogP contribution in [0.4, 0.5) is 17.2 Å². The van der Waals surface area contributed by atoms with Crippen LogP contribution in [0.15, 0.2) is 72.8 Å². The van der Waals surface area contributed by atoms with E-state index in [4.69, 9.17) is 4.74 Å². The van der Waals surface area contributed by atoms with E-state index in [1.165, 1.54) is 5.56 Å². The smallest absolute Gasteiger partial charge is 0.293 e. The highest BCUT2D eigenvalue weighted by Crippen LogP contribution is 2.26. The number of benzene rings is 3. The zero-order valence-electron chi connectivity index (χ0n) is 16.1. The van der Waals surface area contributed by atoms with E-state index in [9.17, 15) is 4.79 Å². The lowest BCUT2D eigenvalue weighted by atomic mass is 10.2. The van der Waals surface area contributed by atoms with Gasteiger partial charge < -0.3 is 15.4 Å². The van der Waals surface area contributed by atoms with Crippen LogP contribution in [0.25, 0.3) is 10.9 Å². The average Bonchev–Trinajstić information content (AvgIpc) is 2.75. The summed E-state index contributed by atoms with van der Waals surface area (Å²) in [6.07, 6.45) is 0. The van der Waals surface area contributed by atoms with Crippen LogP contribution in [0.2, 0.25) is 0 Å². The Morgan fingerprint density at radius 2 is 1.62 bits per heavy atom. The first-order valence-corrected chi connectivity index (χ1v) is 9.19. The highest BCUT2D eigenvalue weighted by Gasteiger charge is 2.16. The lowest BCUT2D eigenvalue weighted by molar-refractivity contribution is 0.101. The Hall–Kier alpha value is -3.93. The normalized spacial score (nSPS) is 10.6. The number of carbonyl (C=O) groups is 1. The number of rotatable bonds is 5. The van der Waals surface area contributed by atoms with Crippen molar-refractivity contribution in [3.63, 3.8) is 0 Å². The number of carbonyl (C=O) groups excluding carboxylic acids is 1. The molecule has 0 radical (unpaired) electrons. The highest BCUT2D eigenvalue weighted by molar-refractivity contribution is 6.04. The van der Waals surface area contributed by atoms with Gasteiger partial charge in [-0.2, -0.15) is 0 Å². The van der Waals surface area contributed by atoms with E-state index >= 15 is 0 Å². The molecular formula is C23H20N4O2. The molecule has 144 valence electrons. The lowest BCUT2D eigenvalue weighted by Crippen LogP contribution is -2.17. The Morgan fingerprint density at radius 3 is 2.41 bits per heavy atom. The summed E-state index contributed by atoms with van der Waals surface area (Å²) in [5, 5.41) is 6.96. The van der Waals surface area contributed by atoms with Crippen molar-refractivity contribution >= 4 is 34.0 Å². The maximum atomic E-state index is 12.9. The zero-order chi connectivity index (χ0) is 20.2. The second kappa shape index (κ2) is 7.98. The molecule has 0 bridgehead atoms. The molecule has 1 aromatic heterocycles. The van der Waals surface area contributed by atoms with E-state index < -0.39 is 5.91 Å². The van der Waals surface area contributed by atoms with E-state index in [0.29, 0.717) is 22.8 Å². The fourth-order valence-corrected chi connectivity index (χ4v) is 2.97. The van der Waals surface area contributed by atoms with Crippen molar-refractivity contribution in [1.82, 2.24) is 9.97 Å². The summed E-state index contributed by atoms with van der Waals surface area (Å²) in [7, 11) is 1.56. The molecule has 1 heterocycles. The van der Waals surface area contributed by atoms with Gasteiger partial charge in [-0.1, -0.05) is 42.0 Å². The summed E-state index contributed by atoms with van der Waals surface area (Å²) < 4.78 is 5.30. The van der Waals surface area contributed by atoms with Crippen LogP contribution in [-0.2, 0) is 0 Å². The molecule has 0 aliphatic heterocycles. The van der Waals surface area contributed by atoms with Crippen molar-refractivity contribution in [1.29, 1.82) is 0 Å². The zero-order valence-corrected chi connectivity index (χ0v) is 16.1. The predicted molar refractivity (Wildman–Crippen MR) is 115 cm³/mol. The van der Waals surface area contributed by atoms with Crippen LogP contribution in [-0.4, -0.2) is 23.0 Å². The number of nitrogens with zero attached hydrogens (tertiary/aromatic N) is 2. The molecule has 0 aliphatic rings. The molecule has 6 heteroatoms. The Kier molecular flexibility index (Phi) is 5.07. The fourth-order valence-electron chi connectivity index (χ4n) is 2.97. The topological polar surface area (TPSA) is 76.1 Å². The van der Waals surface area contributed by atoms with Crippen molar-refractivity contribution < 1.29 is 9.53 Å². The van der Waals surface area contributed by atoms with Gasteiger partial charge in [-0.25, -0.2) is 9.97 Å². The van der Waals surface area contributed by atoms with Gasteiger partial charge in [0.1, 0.15) is 11.6 Å². The van der Waals surface area contributed by atoms with E-state index in [0.717, 1.165) is 11.1 Å². The Labute approximate surface area is 168 Å². The third kappa shape index (κ3) is 4.01. The number of hydrogen-bond acceptors (Lipinski definition) is 5. The minimum absolute atomic E-state index is 0.0733. The van der Waals surface area contributed by atoms with Gasteiger partial charge in [0.15, 0.2) is 0 Å². The van der Waals surface area contributed by atoms with Gasteiger partial charge in [0, 0.05) is 11.1 Å². The maximum Gasteiger partial charge on any atom is 0.293 e. The Morgan fingerprint density at radius 1 is 0.897 bits per heavy atom. The van der Waals surface area contributed by atoms with E-state index in [1.54, 1.807) is 19.2 Å². The first-order chi connectivity index (χ1) is 14.1. The molecule has 0 saturated heterocycles. The fraction of sp³-hybridized carbons (Fsp3) is 0.0870. The van der Waals surface area contributed by atoms with Gasteiger partial charge in [0.2, 0.25) is 5.82 Å². The minimum Gasteiger partial charge on any atom is -0.495 e. The van der Waals surface area contributed by atoms with Crippen molar-refractivity contribution in [3.8, 4) is 5.75 Å². The summed E-state index contributed by atoms with van der Waals surface area (Å²) in [6, 6.07) is 22.8. The molecule has 3 aromatic carbocycles. The van der Waals surface area contributed by atoms with E-state index in [2.05, 4.69) is 20.6 Å². The van der Waals surface area contributed by atoms with Crippen LogP contribution < -0.4 is 15.4 Å². The summed E-state index contributed by atoms with van der Waals surface area (Å²) in [5.41, 5.74) is 3.29. The average molecular weight is 384 g/mol. The van der Waals surface area contributed by atoms with E-state index in [-0.39, 0.29) is 5.82 Å². The molecule has 0 atom stereocenters. The second-order valence-electron chi connectivity index (χ2n) is 6.56. The monoisotopic (exact) mass is 384 g/mol. The van der Waals surface area contributed by atoms with Gasteiger partial charge in [-0.05, 0) is 43.3 Å². The number of amides is 1. The molecule has 0 fully saturated rings. The molecule has 0 unspecified atom stereocenters. The predicted octanol–water partition coefficient (Wildman–Crippen LogP) is 4.94.